The molecule has 0 atom stereocenters. The molecule has 21 heavy (non-hydrogen) atoms. The van der Waals surface area contributed by atoms with Gasteiger partial charge in [0.15, 0.2) is 0 Å². The van der Waals surface area contributed by atoms with Crippen LogP contribution in [0.2, 0.25) is 0 Å². The van der Waals surface area contributed by atoms with Gasteiger partial charge >= 0.3 is 0 Å². The third-order valence-electron chi connectivity index (χ3n) is 3.26. The van der Waals surface area contributed by atoms with Crippen LogP contribution in [0.1, 0.15) is 6.92 Å². The van der Waals surface area contributed by atoms with Crippen LogP contribution >= 0.6 is 0 Å². The molecule has 0 aliphatic heterocycles. The van der Waals surface area contributed by atoms with Crippen molar-refractivity contribution in [3.8, 4) is 11.3 Å². The lowest BCUT2D eigenvalue weighted by molar-refractivity contribution is 0.872. The van der Waals surface area contributed by atoms with E-state index < -0.39 is 0 Å². The molecule has 0 unspecified atom stereocenters. The zero-order chi connectivity index (χ0) is 14.8. The molecule has 0 aliphatic rings. The summed E-state index contributed by atoms with van der Waals surface area (Å²) in [5.41, 5.74) is 1.50. The summed E-state index contributed by atoms with van der Waals surface area (Å²) in [6.07, 6.45) is 6.65. The number of nitrogens with zero attached hydrogens (tertiary/aromatic N) is 4. The van der Waals surface area contributed by atoms with Gasteiger partial charge in [0.25, 0.3) is 5.56 Å². The van der Waals surface area contributed by atoms with Crippen LogP contribution in [0.4, 0.5) is 5.82 Å². The van der Waals surface area contributed by atoms with Gasteiger partial charge in [0, 0.05) is 37.7 Å². The topological polar surface area (TPSA) is 72.7 Å². The van der Waals surface area contributed by atoms with Gasteiger partial charge in [-0.15, -0.1) is 0 Å². The number of pyridine rings is 2. The van der Waals surface area contributed by atoms with E-state index in [0.717, 1.165) is 16.6 Å². The van der Waals surface area contributed by atoms with Crippen molar-refractivity contribution in [2.75, 3.05) is 11.9 Å². The molecule has 6 heteroatoms. The molecule has 6 nitrogen and oxygen atoms in total. The lowest BCUT2D eigenvalue weighted by Gasteiger charge is -2.10. The summed E-state index contributed by atoms with van der Waals surface area (Å²) in [7, 11) is 1.73. The van der Waals surface area contributed by atoms with E-state index in [4.69, 9.17) is 0 Å². The van der Waals surface area contributed by atoms with Crippen molar-refractivity contribution in [3.63, 3.8) is 0 Å². The lowest BCUT2D eigenvalue weighted by Crippen LogP contribution is -2.18. The Morgan fingerprint density at radius 1 is 1.29 bits per heavy atom. The molecule has 1 N–H and O–H groups in total. The smallest absolute Gasteiger partial charge is 0.261 e. The highest BCUT2D eigenvalue weighted by atomic mass is 16.1. The Kier molecular flexibility index (Phi) is 3.35. The maximum absolute atomic E-state index is 12.3. The number of aryl methyl sites for hydroxylation is 1. The van der Waals surface area contributed by atoms with Crippen LogP contribution < -0.4 is 10.9 Å². The van der Waals surface area contributed by atoms with Crippen molar-refractivity contribution in [2.45, 2.75) is 6.92 Å². The predicted octanol–water partition coefficient (Wildman–Crippen LogP) is 1.82. The Bertz CT molecular complexity index is 842. The van der Waals surface area contributed by atoms with Crippen molar-refractivity contribution >= 4 is 16.6 Å². The van der Waals surface area contributed by atoms with E-state index in [1.165, 1.54) is 6.33 Å². The molecule has 3 rings (SSSR count). The van der Waals surface area contributed by atoms with E-state index in [9.17, 15) is 4.79 Å². The van der Waals surface area contributed by atoms with Gasteiger partial charge in [0.1, 0.15) is 12.1 Å². The second kappa shape index (κ2) is 5.32. The molecule has 106 valence electrons. The molecule has 0 saturated carbocycles. The summed E-state index contributed by atoms with van der Waals surface area (Å²) in [5, 5.41) is 4.61. The predicted molar refractivity (Wildman–Crippen MR) is 82.2 cm³/mol. The molecule has 3 aromatic rings. The van der Waals surface area contributed by atoms with Gasteiger partial charge < -0.3 is 9.88 Å². The molecule has 3 heterocycles. The molecule has 0 spiro atoms. The van der Waals surface area contributed by atoms with Crippen molar-refractivity contribution in [3.05, 3.63) is 47.4 Å². The summed E-state index contributed by atoms with van der Waals surface area (Å²) in [6, 6.07) is 3.79. The lowest BCUT2D eigenvalue weighted by atomic mass is 10.1. The second-order valence-corrected chi connectivity index (χ2v) is 4.71. The van der Waals surface area contributed by atoms with Gasteiger partial charge in [-0.1, -0.05) is 0 Å². The van der Waals surface area contributed by atoms with Crippen molar-refractivity contribution in [1.29, 1.82) is 0 Å². The summed E-state index contributed by atoms with van der Waals surface area (Å²) >= 11 is 0. The first-order valence-corrected chi connectivity index (χ1v) is 6.70. The summed E-state index contributed by atoms with van der Waals surface area (Å²) < 4.78 is 1.55. The molecule has 0 bridgehead atoms. The average Bonchev–Trinajstić information content (AvgIpc) is 2.52. The normalized spacial score (nSPS) is 10.8. The maximum atomic E-state index is 12.3. The number of aromatic nitrogens is 4. The molecule has 0 amide bonds. The Labute approximate surface area is 121 Å². The van der Waals surface area contributed by atoms with Crippen molar-refractivity contribution in [1.82, 2.24) is 19.5 Å². The Hall–Kier alpha value is -2.76. The zero-order valence-corrected chi connectivity index (χ0v) is 11.9. The van der Waals surface area contributed by atoms with E-state index in [2.05, 4.69) is 20.3 Å². The molecule has 0 fully saturated rings. The van der Waals surface area contributed by atoms with Gasteiger partial charge in [-0.05, 0) is 24.4 Å². The molecule has 0 aromatic carbocycles. The summed E-state index contributed by atoms with van der Waals surface area (Å²) in [6.45, 7) is 2.66. The first-order chi connectivity index (χ1) is 10.2. The van der Waals surface area contributed by atoms with Crippen LogP contribution in [0.5, 0.6) is 0 Å². The number of hydrogen-bond acceptors (Lipinski definition) is 5. The minimum atomic E-state index is -0.0631. The third-order valence-corrected chi connectivity index (χ3v) is 3.26. The van der Waals surface area contributed by atoms with Crippen LogP contribution in [0, 0.1) is 0 Å². The largest absolute Gasteiger partial charge is 0.370 e. The van der Waals surface area contributed by atoms with E-state index in [0.29, 0.717) is 17.7 Å². The van der Waals surface area contributed by atoms with Gasteiger partial charge in [-0.3, -0.25) is 4.79 Å². The Balaban J connectivity index is 2.31. The number of fused-ring (bicyclic) bond motifs is 1. The van der Waals surface area contributed by atoms with Crippen LogP contribution in [-0.4, -0.2) is 26.1 Å². The standard InChI is InChI=1S/C15H15N5O/c1-3-18-14-13-10(4-5-20(2)15(13)21)6-12(19-14)11-7-16-9-17-8-11/h4-9H,3H2,1-2H3,(H,18,19). The van der Waals surface area contributed by atoms with Gasteiger partial charge in [0.2, 0.25) is 0 Å². The van der Waals surface area contributed by atoms with Gasteiger partial charge in [0.05, 0.1) is 11.1 Å². The Morgan fingerprint density at radius 3 is 2.76 bits per heavy atom. The van der Waals surface area contributed by atoms with Crippen LogP contribution in [0.25, 0.3) is 22.0 Å². The van der Waals surface area contributed by atoms with Crippen molar-refractivity contribution < 1.29 is 0 Å². The van der Waals surface area contributed by atoms with E-state index >= 15 is 0 Å². The minimum Gasteiger partial charge on any atom is -0.370 e. The Morgan fingerprint density at radius 2 is 2.05 bits per heavy atom. The van der Waals surface area contributed by atoms with E-state index in [1.807, 2.05) is 19.1 Å². The highest BCUT2D eigenvalue weighted by Gasteiger charge is 2.11. The van der Waals surface area contributed by atoms with Crippen LogP contribution in [0.3, 0.4) is 0 Å². The highest BCUT2D eigenvalue weighted by molar-refractivity contribution is 5.93. The second-order valence-electron chi connectivity index (χ2n) is 4.71. The third kappa shape index (κ3) is 2.35. The van der Waals surface area contributed by atoms with Crippen LogP contribution in [-0.2, 0) is 7.05 Å². The number of nitrogens with one attached hydrogen (secondary N) is 1. The highest BCUT2D eigenvalue weighted by Crippen LogP contribution is 2.24. The van der Waals surface area contributed by atoms with Gasteiger partial charge in [-0.2, -0.15) is 0 Å². The summed E-state index contributed by atoms with van der Waals surface area (Å²) in [5.74, 6) is 0.593. The van der Waals surface area contributed by atoms with Crippen LogP contribution in [0.15, 0.2) is 41.8 Å². The van der Waals surface area contributed by atoms with E-state index in [1.54, 1.807) is 30.2 Å². The quantitative estimate of drug-likeness (QED) is 0.792. The maximum Gasteiger partial charge on any atom is 0.261 e. The molecular formula is C15H15N5O. The number of hydrogen-bond donors (Lipinski definition) is 1. The minimum absolute atomic E-state index is 0.0631. The SMILES string of the molecule is CCNc1nc(-c2cncnc2)cc2ccn(C)c(=O)c12. The van der Waals surface area contributed by atoms with Gasteiger partial charge in [-0.25, -0.2) is 15.0 Å². The molecule has 3 aromatic heterocycles. The molecule has 0 saturated heterocycles. The number of anilines is 1. The first-order valence-electron chi connectivity index (χ1n) is 6.70. The fourth-order valence-corrected chi connectivity index (χ4v) is 2.23. The zero-order valence-electron chi connectivity index (χ0n) is 11.9. The molecule has 0 aliphatic carbocycles. The first kappa shape index (κ1) is 13.2. The molecular weight excluding hydrogens is 266 g/mol. The van der Waals surface area contributed by atoms with Crippen molar-refractivity contribution in [2.24, 2.45) is 7.05 Å². The van der Waals surface area contributed by atoms with E-state index in [-0.39, 0.29) is 5.56 Å². The fraction of sp³-hybridized carbons (Fsp3) is 0.200. The molecule has 0 radical (unpaired) electrons. The number of rotatable bonds is 3. The monoisotopic (exact) mass is 281 g/mol. The average molecular weight is 281 g/mol. The summed E-state index contributed by atoms with van der Waals surface area (Å²) in [4.78, 5) is 24.9. The fourth-order valence-electron chi connectivity index (χ4n) is 2.23.